The Morgan fingerprint density at radius 2 is 2.07 bits per heavy atom. The van der Waals surface area contributed by atoms with Crippen molar-refractivity contribution < 1.29 is 0 Å². The highest BCUT2D eigenvalue weighted by molar-refractivity contribution is 7.18. The van der Waals surface area contributed by atoms with E-state index in [1.807, 2.05) is 12.1 Å². The van der Waals surface area contributed by atoms with Gasteiger partial charge in [-0.1, -0.05) is 35.6 Å². The summed E-state index contributed by atoms with van der Waals surface area (Å²) in [6.07, 6.45) is 0. The second-order valence-corrected chi connectivity index (χ2v) is 4.24. The summed E-state index contributed by atoms with van der Waals surface area (Å²) in [6, 6.07) is 8.22. The maximum Gasteiger partial charge on any atom is 0.205 e. The fourth-order valence-electron chi connectivity index (χ4n) is 1.37. The fraction of sp³-hybridized carbons (Fsp3) is 0.273. The minimum atomic E-state index is 0.877. The van der Waals surface area contributed by atoms with Gasteiger partial charge >= 0.3 is 0 Å². The summed E-state index contributed by atoms with van der Waals surface area (Å²) in [6.45, 7) is 5.01. The zero-order chi connectivity index (χ0) is 10.7. The zero-order valence-corrected chi connectivity index (χ0v) is 9.64. The highest BCUT2D eigenvalue weighted by atomic mass is 32.1. The lowest BCUT2D eigenvalue weighted by atomic mass is 10.1. The van der Waals surface area contributed by atoms with E-state index in [2.05, 4.69) is 41.5 Å². The van der Waals surface area contributed by atoms with Crippen LogP contribution in [0.5, 0.6) is 0 Å². The van der Waals surface area contributed by atoms with Gasteiger partial charge in [0, 0.05) is 12.1 Å². The SMILES string of the molecule is CCNc1nnc(-c2ccccc2C)s1. The predicted molar refractivity (Wildman–Crippen MR) is 64.2 cm³/mol. The van der Waals surface area contributed by atoms with Gasteiger partial charge in [-0.3, -0.25) is 0 Å². The van der Waals surface area contributed by atoms with Crippen molar-refractivity contribution >= 4 is 16.5 Å². The van der Waals surface area contributed by atoms with Crippen LogP contribution in [0.15, 0.2) is 24.3 Å². The Balaban J connectivity index is 2.33. The van der Waals surface area contributed by atoms with E-state index < -0.39 is 0 Å². The molecule has 0 aliphatic carbocycles. The lowest BCUT2D eigenvalue weighted by Gasteiger charge is -1.99. The fourth-order valence-corrected chi connectivity index (χ4v) is 2.27. The third-order valence-corrected chi connectivity index (χ3v) is 3.04. The maximum absolute atomic E-state index is 4.17. The van der Waals surface area contributed by atoms with E-state index in [4.69, 9.17) is 0 Å². The Labute approximate surface area is 93.2 Å². The van der Waals surface area contributed by atoms with E-state index in [0.29, 0.717) is 0 Å². The van der Waals surface area contributed by atoms with Crippen LogP contribution in [0.4, 0.5) is 5.13 Å². The maximum atomic E-state index is 4.17. The molecule has 0 saturated carbocycles. The molecular weight excluding hydrogens is 206 g/mol. The van der Waals surface area contributed by atoms with Gasteiger partial charge < -0.3 is 5.32 Å². The van der Waals surface area contributed by atoms with Crippen LogP contribution in [0.1, 0.15) is 12.5 Å². The van der Waals surface area contributed by atoms with Crippen LogP contribution in [0, 0.1) is 6.92 Å². The van der Waals surface area contributed by atoms with E-state index in [0.717, 1.165) is 16.7 Å². The molecule has 0 fully saturated rings. The Bertz CT molecular complexity index is 451. The molecular formula is C11H13N3S. The monoisotopic (exact) mass is 219 g/mol. The summed E-state index contributed by atoms with van der Waals surface area (Å²) >= 11 is 1.59. The molecule has 2 aromatic rings. The molecule has 1 heterocycles. The molecule has 1 N–H and O–H groups in total. The molecule has 0 unspecified atom stereocenters. The highest BCUT2D eigenvalue weighted by Crippen LogP contribution is 2.28. The number of aromatic nitrogens is 2. The molecule has 0 radical (unpaired) electrons. The third kappa shape index (κ3) is 2.15. The van der Waals surface area contributed by atoms with Crippen LogP contribution in [0.25, 0.3) is 10.6 Å². The molecule has 0 spiro atoms. The quantitative estimate of drug-likeness (QED) is 0.862. The average molecular weight is 219 g/mol. The van der Waals surface area contributed by atoms with Crippen LogP contribution >= 0.6 is 11.3 Å². The van der Waals surface area contributed by atoms with Gasteiger partial charge in [-0.2, -0.15) is 0 Å². The summed E-state index contributed by atoms with van der Waals surface area (Å²) < 4.78 is 0. The van der Waals surface area contributed by atoms with Crippen LogP contribution < -0.4 is 5.32 Å². The van der Waals surface area contributed by atoms with Crippen LogP contribution in [-0.2, 0) is 0 Å². The topological polar surface area (TPSA) is 37.8 Å². The molecule has 0 atom stereocenters. The van der Waals surface area contributed by atoms with Crippen LogP contribution in [0.2, 0.25) is 0 Å². The number of aryl methyl sites for hydroxylation is 1. The first-order chi connectivity index (χ1) is 7.31. The number of hydrogen-bond acceptors (Lipinski definition) is 4. The van der Waals surface area contributed by atoms with Crippen molar-refractivity contribution in [3.63, 3.8) is 0 Å². The molecule has 4 heteroatoms. The summed E-state index contributed by atoms with van der Waals surface area (Å²) in [5, 5.41) is 13.3. The molecule has 0 bridgehead atoms. The zero-order valence-electron chi connectivity index (χ0n) is 8.82. The number of rotatable bonds is 3. The Hall–Kier alpha value is -1.42. The van der Waals surface area contributed by atoms with Crippen molar-refractivity contribution in [1.29, 1.82) is 0 Å². The number of nitrogens with zero attached hydrogens (tertiary/aromatic N) is 2. The van der Waals surface area contributed by atoms with E-state index in [1.165, 1.54) is 11.1 Å². The lowest BCUT2D eigenvalue weighted by molar-refractivity contribution is 1.07. The summed E-state index contributed by atoms with van der Waals surface area (Å²) in [4.78, 5) is 0. The number of benzene rings is 1. The largest absolute Gasteiger partial charge is 0.360 e. The Morgan fingerprint density at radius 1 is 1.27 bits per heavy atom. The van der Waals surface area contributed by atoms with E-state index in [-0.39, 0.29) is 0 Å². The predicted octanol–water partition coefficient (Wildman–Crippen LogP) is 2.95. The van der Waals surface area contributed by atoms with Gasteiger partial charge in [0.2, 0.25) is 5.13 Å². The second kappa shape index (κ2) is 4.40. The van der Waals surface area contributed by atoms with Crippen molar-refractivity contribution in [1.82, 2.24) is 10.2 Å². The molecule has 78 valence electrons. The standard InChI is InChI=1S/C11H13N3S/c1-3-12-11-14-13-10(15-11)9-7-5-4-6-8(9)2/h4-7H,3H2,1-2H3,(H,12,14). The number of hydrogen-bond donors (Lipinski definition) is 1. The Kier molecular flexibility index (Phi) is 2.97. The minimum absolute atomic E-state index is 0.877. The van der Waals surface area contributed by atoms with Crippen LogP contribution in [0.3, 0.4) is 0 Å². The first kappa shape index (κ1) is 10.1. The summed E-state index contributed by atoms with van der Waals surface area (Å²) in [7, 11) is 0. The van der Waals surface area contributed by atoms with Crippen molar-refractivity contribution in [2.45, 2.75) is 13.8 Å². The number of nitrogens with one attached hydrogen (secondary N) is 1. The van der Waals surface area contributed by atoms with Gasteiger partial charge in [0.25, 0.3) is 0 Å². The van der Waals surface area contributed by atoms with Gasteiger partial charge in [0.15, 0.2) is 0 Å². The molecule has 0 saturated heterocycles. The van der Waals surface area contributed by atoms with Crippen molar-refractivity contribution in [3.05, 3.63) is 29.8 Å². The normalized spacial score (nSPS) is 10.3. The Morgan fingerprint density at radius 3 is 2.80 bits per heavy atom. The minimum Gasteiger partial charge on any atom is -0.360 e. The summed E-state index contributed by atoms with van der Waals surface area (Å²) in [5.41, 5.74) is 2.40. The molecule has 2 rings (SSSR count). The molecule has 1 aromatic heterocycles. The third-order valence-electron chi connectivity index (χ3n) is 2.13. The first-order valence-electron chi connectivity index (χ1n) is 4.94. The van der Waals surface area contributed by atoms with Gasteiger partial charge in [-0.05, 0) is 19.4 Å². The van der Waals surface area contributed by atoms with E-state index >= 15 is 0 Å². The first-order valence-corrected chi connectivity index (χ1v) is 5.76. The van der Waals surface area contributed by atoms with Crippen molar-refractivity contribution in [2.24, 2.45) is 0 Å². The van der Waals surface area contributed by atoms with Crippen molar-refractivity contribution in [3.8, 4) is 10.6 Å². The lowest BCUT2D eigenvalue weighted by Crippen LogP contribution is -1.94. The van der Waals surface area contributed by atoms with Gasteiger partial charge in [-0.15, -0.1) is 10.2 Å². The van der Waals surface area contributed by atoms with E-state index in [1.54, 1.807) is 11.3 Å². The molecule has 1 aromatic carbocycles. The summed E-state index contributed by atoms with van der Waals surface area (Å²) in [5.74, 6) is 0. The number of anilines is 1. The molecule has 0 amide bonds. The van der Waals surface area contributed by atoms with Gasteiger partial charge in [0.05, 0.1) is 0 Å². The molecule has 0 aliphatic rings. The smallest absolute Gasteiger partial charge is 0.205 e. The average Bonchev–Trinajstić information content (AvgIpc) is 2.68. The van der Waals surface area contributed by atoms with Gasteiger partial charge in [-0.25, -0.2) is 0 Å². The second-order valence-electron chi connectivity index (χ2n) is 3.26. The molecule has 0 aliphatic heterocycles. The van der Waals surface area contributed by atoms with Crippen LogP contribution in [-0.4, -0.2) is 16.7 Å². The van der Waals surface area contributed by atoms with Crippen molar-refractivity contribution in [2.75, 3.05) is 11.9 Å². The molecule has 3 nitrogen and oxygen atoms in total. The molecule has 15 heavy (non-hydrogen) atoms. The van der Waals surface area contributed by atoms with Gasteiger partial charge in [0.1, 0.15) is 5.01 Å². The highest BCUT2D eigenvalue weighted by Gasteiger charge is 2.07. The van der Waals surface area contributed by atoms with E-state index in [9.17, 15) is 0 Å².